The van der Waals surface area contributed by atoms with Gasteiger partial charge in [0, 0.05) is 0 Å². The van der Waals surface area contributed by atoms with Gasteiger partial charge in [-0.1, -0.05) is 12.5 Å². The van der Waals surface area contributed by atoms with Crippen LogP contribution in [0.3, 0.4) is 0 Å². The van der Waals surface area contributed by atoms with Crippen LogP contribution in [0, 0.1) is 12.7 Å². The molecule has 3 nitrogen and oxygen atoms in total. The highest BCUT2D eigenvalue weighted by Crippen LogP contribution is 2.46. The Kier molecular flexibility index (Phi) is 3.18. The monoisotopic (exact) mass is 298 g/mol. The Morgan fingerprint density at radius 2 is 1.80 bits per heavy atom. The van der Waals surface area contributed by atoms with Crippen LogP contribution in [0.25, 0.3) is 0 Å². The summed E-state index contributed by atoms with van der Waals surface area (Å²) in [6, 6.07) is 4.50. The van der Waals surface area contributed by atoms with Crippen LogP contribution in [0.15, 0.2) is 18.2 Å². The number of sulfone groups is 1. The van der Waals surface area contributed by atoms with E-state index < -0.39 is 25.9 Å². The first-order chi connectivity index (χ1) is 9.31. The first-order valence-electron chi connectivity index (χ1n) is 7.04. The van der Waals surface area contributed by atoms with E-state index in [0.29, 0.717) is 18.4 Å². The number of benzene rings is 1. The lowest BCUT2D eigenvalue weighted by Crippen LogP contribution is -2.50. The highest BCUT2D eigenvalue weighted by Gasteiger charge is 2.51. The van der Waals surface area contributed by atoms with Crippen molar-refractivity contribution in [2.24, 2.45) is 0 Å². The van der Waals surface area contributed by atoms with Crippen LogP contribution in [0.2, 0.25) is 0 Å². The van der Waals surface area contributed by atoms with Gasteiger partial charge in [-0.05, 0) is 55.9 Å². The third-order valence-corrected chi connectivity index (χ3v) is 7.35. The van der Waals surface area contributed by atoms with Crippen molar-refractivity contribution in [3.63, 3.8) is 0 Å². The van der Waals surface area contributed by atoms with Crippen molar-refractivity contribution >= 4 is 9.84 Å². The standard InChI is InChI=1S/C15H19FO3S/c1-10-5-11(7-12(16)6-10)15(17)8-13-3-2-4-14(9-15)20(13,18)19/h5-7,13-14,17H,2-4,8-9H2,1H3. The lowest BCUT2D eigenvalue weighted by molar-refractivity contribution is 0.00470. The molecule has 3 rings (SSSR count). The van der Waals surface area contributed by atoms with Crippen LogP contribution in [0.1, 0.15) is 43.2 Å². The molecule has 2 aliphatic heterocycles. The quantitative estimate of drug-likeness (QED) is 0.866. The molecule has 0 saturated carbocycles. The zero-order valence-electron chi connectivity index (χ0n) is 11.5. The molecular formula is C15H19FO3S. The molecule has 5 heteroatoms. The summed E-state index contributed by atoms with van der Waals surface area (Å²) in [5, 5.41) is 9.93. The van der Waals surface area contributed by atoms with Gasteiger partial charge in [0.25, 0.3) is 0 Å². The Labute approximate surface area is 118 Å². The van der Waals surface area contributed by atoms with E-state index in [9.17, 15) is 17.9 Å². The highest BCUT2D eigenvalue weighted by molar-refractivity contribution is 7.92. The van der Waals surface area contributed by atoms with E-state index in [-0.39, 0.29) is 18.7 Å². The van der Waals surface area contributed by atoms with Crippen molar-refractivity contribution < 1.29 is 17.9 Å². The van der Waals surface area contributed by atoms with Crippen LogP contribution in [-0.2, 0) is 15.4 Å². The number of aryl methyl sites for hydroxylation is 1. The molecule has 0 spiro atoms. The summed E-state index contributed by atoms with van der Waals surface area (Å²) >= 11 is 0. The van der Waals surface area contributed by atoms with Crippen LogP contribution in [-0.4, -0.2) is 24.0 Å². The van der Waals surface area contributed by atoms with Crippen LogP contribution >= 0.6 is 0 Å². The van der Waals surface area contributed by atoms with Crippen LogP contribution in [0.4, 0.5) is 4.39 Å². The second-order valence-electron chi connectivity index (χ2n) is 6.22. The number of aliphatic hydroxyl groups is 1. The molecule has 2 unspecified atom stereocenters. The smallest absolute Gasteiger partial charge is 0.156 e. The first kappa shape index (κ1) is 14.0. The molecule has 0 amide bonds. The number of hydrogen-bond donors (Lipinski definition) is 1. The molecule has 2 aliphatic rings. The summed E-state index contributed by atoms with van der Waals surface area (Å²) in [5.74, 6) is -0.382. The van der Waals surface area contributed by atoms with Crippen LogP contribution < -0.4 is 0 Å². The Hall–Kier alpha value is -0.940. The first-order valence-corrected chi connectivity index (χ1v) is 8.65. The minimum absolute atomic E-state index is 0.189. The zero-order valence-corrected chi connectivity index (χ0v) is 12.3. The van der Waals surface area contributed by atoms with Crippen molar-refractivity contribution in [3.8, 4) is 0 Å². The maximum absolute atomic E-state index is 13.6. The number of halogens is 1. The predicted octanol–water partition coefficient (Wildman–Crippen LogP) is 2.45. The molecule has 1 aromatic rings. The van der Waals surface area contributed by atoms with E-state index in [2.05, 4.69) is 0 Å². The van der Waals surface area contributed by atoms with Gasteiger partial charge in [0.15, 0.2) is 9.84 Å². The Morgan fingerprint density at radius 1 is 1.20 bits per heavy atom. The number of hydrogen-bond acceptors (Lipinski definition) is 3. The molecule has 2 atom stereocenters. The molecule has 2 saturated heterocycles. The molecule has 1 N–H and O–H groups in total. The van der Waals surface area contributed by atoms with Crippen molar-refractivity contribution in [1.82, 2.24) is 0 Å². The largest absolute Gasteiger partial charge is 0.385 e. The average Bonchev–Trinajstić information content (AvgIpc) is 2.30. The third-order valence-electron chi connectivity index (χ3n) is 4.69. The number of fused-ring (bicyclic) bond motifs is 2. The van der Waals surface area contributed by atoms with Gasteiger partial charge in [0.05, 0.1) is 16.1 Å². The maximum Gasteiger partial charge on any atom is 0.156 e. The maximum atomic E-state index is 13.6. The van der Waals surface area contributed by atoms with Gasteiger partial charge in [-0.15, -0.1) is 0 Å². The third kappa shape index (κ3) is 2.17. The molecule has 0 radical (unpaired) electrons. The fourth-order valence-electron chi connectivity index (χ4n) is 3.69. The summed E-state index contributed by atoms with van der Waals surface area (Å²) in [6.07, 6.45) is 2.49. The molecule has 2 heterocycles. The van der Waals surface area contributed by atoms with Crippen molar-refractivity contribution in [2.45, 2.75) is 55.1 Å². The van der Waals surface area contributed by atoms with Gasteiger partial charge in [0.2, 0.25) is 0 Å². The van der Waals surface area contributed by atoms with E-state index in [1.165, 1.54) is 12.1 Å². The van der Waals surface area contributed by atoms with E-state index in [1.807, 2.05) is 0 Å². The lowest BCUT2D eigenvalue weighted by Gasteiger charge is -2.44. The Morgan fingerprint density at radius 3 is 2.35 bits per heavy atom. The van der Waals surface area contributed by atoms with Crippen molar-refractivity contribution in [3.05, 3.63) is 35.1 Å². The molecule has 2 fully saturated rings. The van der Waals surface area contributed by atoms with E-state index in [4.69, 9.17) is 0 Å². The molecule has 1 aromatic carbocycles. The zero-order chi connectivity index (χ0) is 14.5. The molecule has 0 aromatic heterocycles. The van der Waals surface area contributed by atoms with Crippen molar-refractivity contribution in [2.75, 3.05) is 0 Å². The minimum Gasteiger partial charge on any atom is -0.385 e. The number of rotatable bonds is 1. The van der Waals surface area contributed by atoms with Gasteiger partial charge in [0.1, 0.15) is 5.82 Å². The second kappa shape index (κ2) is 4.53. The summed E-state index contributed by atoms with van der Waals surface area (Å²) in [5.41, 5.74) is 0.0438. The summed E-state index contributed by atoms with van der Waals surface area (Å²) in [7, 11) is -3.12. The molecule has 0 aliphatic carbocycles. The summed E-state index contributed by atoms with van der Waals surface area (Å²) in [4.78, 5) is 0. The van der Waals surface area contributed by atoms with Crippen molar-refractivity contribution in [1.29, 1.82) is 0 Å². The highest BCUT2D eigenvalue weighted by atomic mass is 32.2. The van der Waals surface area contributed by atoms with E-state index in [1.54, 1.807) is 13.0 Å². The lowest BCUT2D eigenvalue weighted by atomic mass is 9.80. The topological polar surface area (TPSA) is 54.4 Å². The van der Waals surface area contributed by atoms with Gasteiger partial charge in [-0.3, -0.25) is 0 Å². The Balaban J connectivity index is 2.02. The van der Waals surface area contributed by atoms with Crippen LogP contribution in [0.5, 0.6) is 0 Å². The molecule has 2 bridgehead atoms. The molecule has 110 valence electrons. The molecular weight excluding hydrogens is 279 g/mol. The van der Waals surface area contributed by atoms with Gasteiger partial charge < -0.3 is 5.11 Å². The predicted molar refractivity (Wildman–Crippen MR) is 74.6 cm³/mol. The van der Waals surface area contributed by atoms with Gasteiger partial charge in [-0.25, -0.2) is 12.8 Å². The van der Waals surface area contributed by atoms with E-state index >= 15 is 0 Å². The van der Waals surface area contributed by atoms with Gasteiger partial charge in [-0.2, -0.15) is 0 Å². The molecule has 20 heavy (non-hydrogen) atoms. The fraction of sp³-hybridized carbons (Fsp3) is 0.600. The SMILES string of the molecule is Cc1cc(F)cc(C2(O)CC3CCCC(C2)S3(=O)=O)c1. The second-order valence-corrected chi connectivity index (χ2v) is 8.73. The Bertz CT molecular complexity index is 598. The fourth-order valence-corrected chi connectivity index (χ4v) is 6.24. The van der Waals surface area contributed by atoms with Gasteiger partial charge >= 0.3 is 0 Å². The van der Waals surface area contributed by atoms with E-state index in [0.717, 1.165) is 12.0 Å². The summed E-state index contributed by atoms with van der Waals surface area (Å²) in [6.45, 7) is 1.77. The average molecular weight is 298 g/mol. The minimum atomic E-state index is -3.12. The summed E-state index contributed by atoms with van der Waals surface area (Å²) < 4.78 is 38.1. The normalized spacial score (nSPS) is 35.8.